The Morgan fingerprint density at radius 3 is 2.42 bits per heavy atom. The number of phenols is 3. The third-order valence-electron chi connectivity index (χ3n) is 2.91. The summed E-state index contributed by atoms with van der Waals surface area (Å²) in [6, 6.07) is 8.68. The number of carbonyl (C=O) groups excluding carboxylic acids is 1. The van der Waals surface area contributed by atoms with Gasteiger partial charge in [-0.15, -0.1) is 0 Å². The number of carbonyl (C=O) groups is 1. The first-order valence-corrected chi connectivity index (χ1v) is 5.92. The van der Waals surface area contributed by atoms with Gasteiger partial charge in [0.2, 0.25) is 0 Å². The number of Topliss-reactive ketones (excluding diaryl/α,β-unsaturated/α-hetero) is 1. The van der Waals surface area contributed by atoms with E-state index < -0.39 is 0 Å². The van der Waals surface area contributed by atoms with Gasteiger partial charge in [0.05, 0.1) is 5.56 Å². The molecule has 2 rings (SSSR count). The highest BCUT2D eigenvalue weighted by atomic mass is 16.3. The SMILES string of the molecule is CCC(=O)c1c(O)cccc1-c1cc(O)ccc1O. The summed E-state index contributed by atoms with van der Waals surface area (Å²) in [6.07, 6.45) is 0.240. The highest BCUT2D eigenvalue weighted by Crippen LogP contribution is 2.37. The van der Waals surface area contributed by atoms with Crippen LogP contribution in [0.2, 0.25) is 0 Å². The molecule has 3 N–H and O–H groups in total. The molecule has 0 aliphatic heterocycles. The molecule has 0 aliphatic rings. The fourth-order valence-corrected chi connectivity index (χ4v) is 1.97. The van der Waals surface area contributed by atoms with E-state index in [9.17, 15) is 20.1 Å². The Morgan fingerprint density at radius 1 is 1.00 bits per heavy atom. The second kappa shape index (κ2) is 5.02. The van der Waals surface area contributed by atoms with E-state index >= 15 is 0 Å². The van der Waals surface area contributed by atoms with Gasteiger partial charge in [-0.25, -0.2) is 0 Å². The molecule has 0 amide bonds. The summed E-state index contributed by atoms with van der Waals surface area (Å²) in [6.45, 7) is 1.70. The van der Waals surface area contributed by atoms with Crippen molar-refractivity contribution < 1.29 is 20.1 Å². The number of benzene rings is 2. The summed E-state index contributed by atoms with van der Waals surface area (Å²) in [7, 11) is 0. The number of hydrogen-bond acceptors (Lipinski definition) is 4. The Morgan fingerprint density at radius 2 is 1.74 bits per heavy atom. The summed E-state index contributed by atoms with van der Waals surface area (Å²) in [5, 5.41) is 29.2. The van der Waals surface area contributed by atoms with Gasteiger partial charge in [0.25, 0.3) is 0 Å². The zero-order valence-corrected chi connectivity index (χ0v) is 10.4. The van der Waals surface area contributed by atoms with Crippen LogP contribution in [-0.2, 0) is 0 Å². The quantitative estimate of drug-likeness (QED) is 0.584. The molecule has 0 aliphatic carbocycles. The third kappa shape index (κ3) is 2.38. The lowest BCUT2D eigenvalue weighted by molar-refractivity contribution is 0.0986. The van der Waals surface area contributed by atoms with Crippen LogP contribution < -0.4 is 0 Å². The topological polar surface area (TPSA) is 77.8 Å². The van der Waals surface area contributed by atoms with Crippen LogP contribution in [-0.4, -0.2) is 21.1 Å². The first-order chi connectivity index (χ1) is 9.04. The smallest absolute Gasteiger partial charge is 0.166 e. The Kier molecular flexibility index (Phi) is 3.42. The Labute approximate surface area is 110 Å². The minimum absolute atomic E-state index is 0.0222. The largest absolute Gasteiger partial charge is 0.508 e. The number of rotatable bonds is 3. The number of hydrogen-bond donors (Lipinski definition) is 3. The molecule has 0 saturated carbocycles. The second-order valence-electron chi connectivity index (χ2n) is 4.18. The molecule has 0 aromatic heterocycles. The van der Waals surface area contributed by atoms with E-state index in [1.807, 2.05) is 0 Å². The van der Waals surface area contributed by atoms with Crippen LogP contribution in [0.15, 0.2) is 36.4 Å². The minimum atomic E-state index is -0.226. The van der Waals surface area contributed by atoms with E-state index in [0.717, 1.165) is 0 Å². The normalized spacial score (nSPS) is 10.4. The third-order valence-corrected chi connectivity index (χ3v) is 2.91. The summed E-state index contributed by atoms with van der Waals surface area (Å²) >= 11 is 0. The zero-order valence-electron chi connectivity index (χ0n) is 10.4. The van der Waals surface area contributed by atoms with Crippen LogP contribution in [0.4, 0.5) is 0 Å². The molecule has 0 spiro atoms. The number of phenolic OH excluding ortho intramolecular Hbond substituents is 3. The Hall–Kier alpha value is -2.49. The summed E-state index contributed by atoms with van der Waals surface area (Å²) in [5.74, 6) is -0.442. The van der Waals surface area contributed by atoms with Crippen molar-refractivity contribution in [3.05, 3.63) is 42.0 Å². The molecule has 0 atom stereocenters. The Balaban J connectivity index is 2.72. The van der Waals surface area contributed by atoms with Crippen LogP contribution >= 0.6 is 0 Å². The van der Waals surface area contributed by atoms with E-state index in [1.165, 1.54) is 24.3 Å². The van der Waals surface area contributed by atoms with Crippen LogP contribution in [0.3, 0.4) is 0 Å². The van der Waals surface area contributed by atoms with Crippen LogP contribution in [0.1, 0.15) is 23.7 Å². The fourth-order valence-electron chi connectivity index (χ4n) is 1.97. The molecule has 0 fully saturated rings. The highest BCUT2D eigenvalue weighted by Gasteiger charge is 2.18. The first kappa shape index (κ1) is 13.0. The van der Waals surface area contributed by atoms with Gasteiger partial charge in [-0.05, 0) is 24.3 Å². The van der Waals surface area contributed by atoms with Crippen molar-refractivity contribution >= 4 is 5.78 Å². The Bertz CT molecular complexity index is 632. The molecule has 0 radical (unpaired) electrons. The average Bonchev–Trinajstić information content (AvgIpc) is 2.40. The molecule has 98 valence electrons. The molecule has 2 aromatic rings. The van der Waals surface area contributed by atoms with Crippen LogP contribution in [0.5, 0.6) is 17.2 Å². The lowest BCUT2D eigenvalue weighted by Gasteiger charge is -2.11. The lowest BCUT2D eigenvalue weighted by atomic mass is 9.94. The van der Waals surface area contributed by atoms with Gasteiger partial charge < -0.3 is 15.3 Å². The molecule has 2 aromatic carbocycles. The molecule has 0 heterocycles. The maximum absolute atomic E-state index is 11.9. The second-order valence-corrected chi connectivity index (χ2v) is 4.18. The van der Waals surface area contributed by atoms with Crippen molar-refractivity contribution in [1.82, 2.24) is 0 Å². The average molecular weight is 258 g/mol. The predicted molar refractivity (Wildman–Crippen MR) is 71.5 cm³/mol. The van der Waals surface area contributed by atoms with E-state index in [-0.39, 0.29) is 35.0 Å². The van der Waals surface area contributed by atoms with Gasteiger partial charge in [0.1, 0.15) is 17.2 Å². The molecule has 19 heavy (non-hydrogen) atoms. The highest BCUT2D eigenvalue weighted by molar-refractivity contribution is 6.05. The predicted octanol–water partition coefficient (Wildman–Crippen LogP) is 3.06. The summed E-state index contributed by atoms with van der Waals surface area (Å²) < 4.78 is 0. The van der Waals surface area contributed by atoms with Crippen molar-refractivity contribution in [2.45, 2.75) is 13.3 Å². The van der Waals surface area contributed by atoms with Crippen molar-refractivity contribution in [3.8, 4) is 28.4 Å². The standard InChI is InChI=1S/C15H14O4/c1-2-12(17)15-10(4-3-5-14(15)19)11-8-9(16)6-7-13(11)18/h3-8,16,18-19H,2H2,1H3. The van der Waals surface area contributed by atoms with E-state index in [1.54, 1.807) is 19.1 Å². The van der Waals surface area contributed by atoms with E-state index in [0.29, 0.717) is 11.1 Å². The molecule has 0 saturated heterocycles. The van der Waals surface area contributed by atoms with Gasteiger partial charge >= 0.3 is 0 Å². The summed E-state index contributed by atoms with van der Waals surface area (Å²) in [5.41, 5.74) is 0.874. The molecule has 0 bridgehead atoms. The van der Waals surface area contributed by atoms with Crippen molar-refractivity contribution in [2.24, 2.45) is 0 Å². The van der Waals surface area contributed by atoms with Gasteiger partial charge in [0.15, 0.2) is 5.78 Å². The van der Waals surface area contributed by atoms with Gasteiger partial charge in [-0.1, -0.05) is 19.1 Å². The van der Waals surface area contributed by atoms with Gasteiger partial charge in [-0.3, -0.25) is 4.79 Å². The summed E-state index contributed by atoms with van der Waals surface area (Å²) in [4.78, 5) is 11.9. The molecule has 0 unspecified atom stereocenters. The van der Waals surface area contributed by atoms with Crippen LogP contribution in [0.25, 0.3) is 11.1 Å². The van der Waals surface area contributed by atoms with Crippen molar-refractivity contribution in [3.63, 3.8) is 0 Å². The minimum Gasteiger partial charge on any atom is -0.508 e. The number of ketones is 1. The molecule has 4 nitrogen and oxygen atoms in total. The van der Waals surface area contributed by atoms with Gasteiger partial charge in [0, 0.05) is 17.5 Å². The maximum Gasteiger partial charge on any atom is 0.166 e. The van der Waals surface area contributed by atoms with Crippen molar-refractivity contribution in [2.75, 3.05) is 0 Å². The molecular weight excluding hydrogens is 244 g/mol. The molecule has 4 heteroatoms. The first-order valence-electron chi connectivity index (χ1n) is 5.92. The maximum atomic E-state index is 11.9. The lowest BCUT2D eigenvalue weighted by Crippen LogP contribution is -2.00. The monoisotopic (exact) mass is 258 g/mol. The van der Waals surface area contributed by atoms with E-state index in [2.05, 4.69) is 0 Å². The zero-order chi connectivity index (χ0) is 14.0. The fraction of sp³-hybridized carbons (Fsp3) is 0.133. The number of aromatic hydroxyl groups is 3. The van der Waals surface area contributed by atoms with Crippen LogP contribution in [0, 0.1) is 0 Å². The molecular formula is C15H14O4. The van der Waals surface area contributed by atoms with E-state index in [4.69, 9.17) is 0 Å². The van der Waals surface area contributed by atoms with Crippen molar-refractivity contribution in [1.29, 1.82) is 0 Å². The van der Waals surface area contributed by atoms with Gasteiger partial charge in [-0.2, -0.15) is 0 Å².